The van der Waals surface area contributed by atoms with Crippen LogP contribution in [0.15, 0.2) is 30.5 Å². The summed E-state index contributed by atoms with van der Waals surface area (Å²) in [5.74, 6) is 0.0712. The highest BCUT2D eigenvalue weighted by Crippen LogP contribution is 2.18. The zero-order valence-corrected chi connectivity index (χ0v) is 10.4. The van der Waals surface area contributed by atoms with Crippen LogP contribution in [0.25, 0.3) is 10.9 Å². The summed E-state index contributed by atoms with van der Waals surface area (Å²) in [5.41, 5.74) is 7.34. The molecule has 2 rings (SSSR count). The second-order valence-electron chi connectivity index (χ2n) is 4.43. The van der Waals surface area contributed by atoms with Crippen LogP contribution in [0.2, 0.25) is 0 Å². The first kappa shape index (κ1) is 12.6. The summed E-state index contributed by atoms with van der Waals surface area (Å²) in [6.45, 7) is 0.700. The van der Waals surface area contributed by atoms with E-state index < -0.39 is 0 Å². The molecule has 0 saturated heterocycles. The van der Waals surface area contributed by atoms with Gasteiger partial charge in [0.15, 0.2) is 0 Å². The van der Waals surface area contributed by atoms with Gasteiger partial charge < -0.3 is 16.0 Å². The lowest BCUT2D eigenvalue weighted by molar-refractivity contribution is -0.116. The Balaban J connectivity index is 1.86. The van der Waals surface area contributed by atoms with Crippen molar-refractivity contribution < 1.29 is 4.79 Å². The van der Waals surface area contributed by atoms with Gasteiger partial charge in [-0.25, -0.2) is 0 Å². The molecule has 0 atom stereocenters. The highest BCUT2D eigenvalue weighted by molar-refractivity contribution is 5.93. The fourth-order valence-electron chi connectivity index (χ4n) is 1.96. The number of H-pyrrole nitrogens is 1. The van der Waals surface area contributed by atoms with Gasteiger partial charge in [-0.1, -0.05) is 6.42 Å². The van der Waals surface area contributed by atoms with E-state index in [2.05, 4.69) is 10.3 Å². The lowest BCUT2D eigenvalue weighted by atomic mass is 10.2. The van der Waals surface area contributed by atoms with Gasteiger partial charge in [-0.05, 0) is 43.7 Å². The van der Waals surface area contributed by atoms with Crippen molar-refractivity contribution in [1.82, 2.24) is 4.98 Å². The molecule has 0 saturated carbocycles. The molecule has 1 heterocycles. The Morgan fingerprint density at radius 2 is 2.11 bits per heavy atom. The van der Waals surface area contributed by atoms with Gasteiger partial charge in [-0.3, -0.25) is 4.79 Å². The van der Waals surface area contributed by atoms with E-state index in [4.69, 9.17) is 5.73 Å². The van der Waals surface area contributed by atoms with E-state index >= 15 is 0 Å². The SMILES string of the molecule is NCCCCCC(=O)Nc1ccc2[nH]ccc2c1. The molecule has 0 aliphatic heterocycles. The quantitative estimate of drug-likeness (QED) is 0.685. The number of rotatable bonds is 6. The molecule has 4 heteroatoms. The van der Waals surface area contributed by atoms with E-state index in [1.165, 1.54) is 0 Å². The first-order valence-electron chi connectivity index (χ1n) is 6.36. The number of hydrogen-bond donors (Lipinski definition) is 3. The number of nitrogens with two attached hydrogens (primary N) is 1. The molecule has 4 N–H and O–H groups in total. The second-order valence-corrected chi connectivity index (χ2v) is 4.43. The summed E-state index contributed by atoms with van der Waals surface area (Å²) < 4.78 is 0. The van der Waals surface area contributed by atoms with E-state index in [1.807, 2.05) is 30.5 Å². The van der Waals surface area contributed by atoms with Gasteiger partial charge in [0.05, 0.1) is 0 Å². The van der Waals surface area contributed by atoms with Gasteiger partial charge in [0, 0.05) is 29.2 Å². The maximum atomic E-state index is 11.7. The number of aromatic nitrogens is 1. The van der Waals surface area contributed by atoms with Crippen molar-refractivity contribution in [1.29, 1.82) is 0 Å². The van der Waals surface area contributed by atoms with Crippen molar-refractivity contribution in [2.75, 3.05) is 11.9 Å². The van der Waals surface area contributed by atoms with Crippen LogP contribution in [0, 0.1) is 0 Å². The first-order chi connectivity index (χ1) is 8.79. The maximum Gasteiger partial charge on any atom is 0.224 e. The van der Waals surface area contributed by atoms with Gasteiger partial charge in [-0.15, -0.1) is 0 Å². The number of fused-ring (bicyclic) bond motifs is 1. The van der Waals surface area contributed by atoms with Crippen LogP contribution in [0.3, 0.4) is 0 Å². The molecule has 0 aliphatic carbocycles. The number of amides is 1. The van der Waals surface area contributed by atoms with Crippen molar-refractivity contribution in [3.63, 3.8) is 0 Å². The maximum absolute atomic E-state index is 11.7. The van der Waals surface area contributed by atoms with Crippen LogP contribution in [-0.2, 0) is 4.79 Å². The van der Waals surface area contributed by atoms with E-state index in [0.717, 1.165) is 35.9 Å². The zero-order valence-electron chi connectivity index (χ0n) is 10.4. The predicted molar refractivity (Wildman–Crippen MR) is 74.5 cm³/mol. The number of aromatic amines is 1. The molecule has 0 fully saturated rings. The molecule has 96 valence electrons. The first-order valence-corrected chi connectivity index (χ1v) is 6.36. The van der Waals surface area contributed by atoms with Crippen LogP contribution >= 0.6 is 0 Å². The van der Waals surface area contributed by atoms with Crippen LogP contribution in [0.5, 0.6) is 0 Å². The minimum atomic E-state index is 0.0712. The van der Waals surface area contributed by atoms with Crippen molar-refractivity contribution in [2.45, 2.75) is 25.7 Å². The largest absolute Gasteiger partial charge is 0.361 e. The molecule has 0 spiro atoms. The van der Waals surface area contributed by atoms with Gasteiger partial charge in [0.1, 0.15) is 0 Å². The number of carbonyl (C=O) groups excluding carboxylic acids is 1. The number of anilines is 1. The molecule has 2 aromatic rings. The Morgan fingerprint density at radius 1 is 1.22 bits per heavy atom. The van der Waals surface area contributed by atoms with Crippen LogP contribution in [0.1, 0.15) is 25.7 Å². The van der Waals surface area contributed by atoms with Crippen molar-refractivity contribution in [3.05, 3.63) is 30.5 Å². The molecule has 0 bridgehead atoms. The van der Waals surface area contributed by atoms with Crippen molar-refractivity contribution >= 4 is 22.5 Å². The number of carbonyl (C=O) groups is 1. The summed E-state index contributed by atoms with van der Waals surface area (Å²) in [7, 11) is 0. The Hall–Kier alpha value is -1.81. The van der Waals surface area contributed by atoms with Crippen LogP contribution < -0.4 is 11.1 Å². The average Bonchev–Trinajstić information content (AvgIpc) is 2.82. The highest BCUT2D eigenvalue weighted by atomic mass is 16.1. The summed E-state index contributed by atoms with van der Waals surface area (Å²) in [6.07, 6.45) is 5.35. The van der Waals surface area contributed by atoms with E-state index in [9.17, 15) is 4.79 Å². The summed E-state index contributed by atoms with van der Waals surface area (Å²) >= 11 is 0. The van der Waals surface area contributed by atoms with Crippen LogP contribution in [0.4, 0.5) is 5.69 Å². The zero-order chi connectivity index (χ0) is 12.8. The summed E-state index contributed by atoms with van der Waals surface area (Å²) in [4.78, 5) is 14.8. The highest BCUT2D eigenvalue weighted by Gasteiger charge is 2.03. The minimum Gasteiger partial charge on any atom is -0.361 e. The number of nitrogens with one attached hydrogen (secondary N) is 2. The minimum absolute atomic E-state index is 0.0712. The van der Waals surface area contributed by atoms with Crippen molar-refractivity contribution in [3.8, 4) is 0 Å². The predicted octanol–water partition coefficient (Wildman–Crippen LogP) is 2.63. The fraction of sp³-hybridized carbons (Fsp3) is 0.357. The Morgan fingerprint density at radius 3 is 2.94 bits per heavy atom. The van der Waals surface area contributed by atoms with Gasteiger partial charge in [0.25, 0.3) is 0 Å². The normalized spacial score (nSPS) is 10.7. The molecule has 1 amide bonds. The lowest BCUT2D eigenvalue weighted by Crippen LogP contribution is -2.11. The van der Waals surface area contributed by atoms with Gasteiger partial charge in [0.2, 0.25) is 5.91 Å². The van der Waals surface area contributed by atoms with E-state index in [-0.39, 0.29) is 5.91 Å². The molecular formula is C14H19N3O. The number of benzene rings is 1. The molecule has 4 nitrogen and oxygen atoms in total. The Kier molecular flexibility index (Phi) is 4.36. The van der Waals surface area contributed by atoms with E-state index in [1.54, 1.807) is 0 Å². The third kappa shape index (κ3) is 3.34. The Bertz CT molecular complexity index is 518. The number of hydrogen-bond acceptors (Lipinski definition) is 2. The smallest absolute Gasteiger partial charge is 0.224 e. The standard InChI is InChI=1S/C14H19N3O/c15-8-3-1-2-4-14(18)17-12-5-6-13-11(10-12)7-9-16-13/h5-7,9-10,16H,1-4,8,15H2,(H,17,18). The molecule has 0 unspecified atom stereocenters. The van der Waals surface area contributed by atoms with Crippen LogP contribution in [-0.4, -0.2) is 17.4 Å². The van der Waals surface area contributed by atoms with Gasteiger partial charge >= 0.3 is 0 Å². The fourth-order valence-corrected chi connectivity index (χ4v) is 1.96. The van der Waals surface area contributed by atoms with Gasteiger partial charge in [-0.2, -0.15) is 0 Å². The summed E-state index contributed by atoms with van der Waals surface area (Å²) in [6, 6.07) is 7.85. The lowest BCUT2D eigenvalue weighted by Gasteiger charge is -2.05. The molecular weight excluding hydrogens is 226 g/mol. The molecule has 0 aliphatic rings. The van der Waals surface area contributed by atoms with E-state index in [0.29, 0.717) is 13.0 Å². The second kappa shape index (κ2) is 6.21. The summed E-state index contributed by atoms with van der Waals surface area (Å²) in [5, 5.41) is 4.02. The number of unbranched alkanes of at least 4 members (excludes halogenated alkanes) is 2. The molecule has 18 heavy (non-hydrogen) atoms. The molecule has 1 aromatic heterocycles. The monoisotopic (exact) mass is 245 g/mol. The molecule has 0 radical (unpaired) electrons. The topological polar surface area (TPSA) is 70.9 Å². The average molecular weight is 245 g/mol. The van der Waals surface area contributed by atoms with Crippen molar-refractivity contribution in [2.24, 2.45) is 5.73 Å². The molecule has 1 aromatic carbocycles. The Labute approximate surface area is 107 Å². The third-order valence-electron chi connectivity index (χ3n) is 2.95. The third-order valence-corrected chi connectivity index (χ3v) is 2.95.